The first-order chi connectivity index (χ1) is 14.6. The number of aliphatic carboxylic acids is 1. The number of ether oxygens (including phenoxy) is 1. The quantitative estimate of drug-likeness (QED) is 0.702. The molecule has 158 valence electrons. The second-order valence-electron chi connectivity index (χ2n) is 8.43. The van der Waals surface area contributed by atoms with Gasteiger partial charge < -0.3 is 15.2 Å². The van der Waals surface area contributed by atoms with Gasteiger partial charge in [0.05, 0.1) is 6.42 Å². The number of alkyl carbamates (subject to hydrolysis) is 1. The van der Waals surface area contributed by atoms with E-state index in [1.54, 1.807) is 0 Å². The summed E-state index contributed by atoms with van der Waals surface area (Å²) in [5.41, 5.74) is 4.76. The molecule has 4 rings (SSSR count). The monoisotopic (exact) mass is 407 g/mol. The first-order valence-corrected chi connectivity index (χ1v) is 11.0. The fraction of sp³-hybridized carbons (Fsp3) is 0.440. The first kappa shape index (κ1) is 20.5. The second kappa shape index (κ2) is 9.33. The van der Waals surface area contributed by atoms with Crippen molar-refractivity contribution >= 4 is 12.1 Å². The maximum atomic E-state index is 12.6. The molecule has 0 heterocycles. The van der Waals surface area contributed by atoms with Gasteiger partial charge in [-0.15, -0.1) is 0 Å². The highest BCUT2D eigenvalue weighted by molar-refractivity contribution is 5.79. The Bertz CT molecular complexity index is 864. The van der Waals surface area contributed by atoms with Crippen molar-refractivity contribution in [2.45, 2.75) is 56.9 Å². The number of nitrogens with one attached hydrogen (secondary N) is 1. The summed E-state index contributed by atoms with van der Waals surface area (Å²) in [6.07, 6.45) is 5.57. The Kier molecular flexibility index (Phi) is 6.36. The zero-order valence-electron chi connectivity index (χ0n) is 17.2. The van der Waals surface area contributed by atoms with E-state index >= 15 is 0 Å². The molecule has 1 amide bonds. The number of rotatable bonds is 5. The standard InChI is InChI=1S/C25H29NO4/c27-24(28)15-17-9-3-1-2-4-14-23(17)26-25(29)30-16-22-20-12-7-5-10-18(20)19-11-6-8-13-21(19)22/h5-8,10-13,17,22-23H,1-4,9,14-16H2,(H,26,29)(H,27,28)/t17-,23-/m1/s1. The summed E-state index contributed by atoms with van der Waals surface area (Å²) >= 11 is 0. The Hall–Kier alpha value is -2.82. The molecule has 0 aromatic heterocycles. The van der Waals surface area contributed by atoms with E-state index in [-0.39, 0.29) is 30.9 Å². The summed E-state index contributed by atoms with van der Waals surface area (Å²) < 4.78 is 5.67. The average molecular weight is 408 g/mol. The van der Waals surface area contributed by atoms with Gasteiger partial charge in [-0.25, -0.2) is 4.79 Å². The van der Waals surface area contributed by atoms with Crippen molar-refractivity contribution in [2.75, 3.05) is 6.61 Å². The Morgan fingerprint density at radius 2 is 1.50 bits per heavy atom. The largest absolute Gasteiger partial charge is 0.481 e. The van der Waals surface area contributed by atoms with Crippen LogP contribution in [-0.2, 0) is 9.53 Å². The smallest absolute Gasteiger partial charge is 0.407 e. The normalized spacial score (nSPS) is 21.1. The lowest BCUT2D eigenvalue weighted by Crippen LogP contribution is -2.42. The minimum absolute atomic E-state index is 0.0234. The van der Waals surface area contributed by atoms with Crippen molar-refractivity contribution in [1.29, 1.82) is 0 Å². The molecule has 2 aromatic rings. The molecule has 1 fully saturated rings. The number of carboxylic acid groups (broad SMARTS) is 1. The summed E-state index contributed by atoms with van der Waals surface area (Å²) in [6, 6.07) is 16.4. The molecule has 2 aliphatic rings. The maximum Gasteiger partial charge on any atom is 0.407 e. The van der Waals surface area contributed by atoms with E-state index in [9.17, 15) is 14.7 Å². The van der Waals surface area contributed by atoms with Crippen LogP contribution in [0.25, 0.3) is 11.1 Å². The van der Waals surface area contributed by atoms with Crippen molar-refractivity contribution in [3.05, 3.63) is 59.7 Å². The molecule has 0 radical (unpaired) electrons. The number of carbonyl (C=O) groups is 2. The Labute approximate surface area is 177 Å². The van der Waals surface area contributed by atoms with Crippen LogP contribution in [0.15, 0.2) is 48.5 Å². The summed E-state index contributed by atoms with van der Waals surface area (Å²) in [5, 5.41) is 12.3. The maximum absolute atomic E-state index is 12.6. The van der Waals surface area contributed by atoms with Crippen LogP contribution in [0.2, 0.25) is 0 Å². The van der Waals surface area contributed by atoms with Gasteiger partial charge in [-0.2, -0.15) is 0 Å². The molecule has 5 nitrogen and oxygen atoms in total. The van der Waals surface area contributed by atoms with Gasteiger partial charge in [0.25, 0.3) is 0 Å². The predicted molar refractivity (Wildman–Crippen MR) is 115 cm³/mol. The van der Waals surface area contributed by atoms with Crippen LogP contribution in [-0.4, -0.2) is 29.8 Å². The first-order valence-electron chi connectivity index (χ1n) is 11.0. The van der Waals surface area contributed by atoms with E-state index in [0.717, 1.165) is 38.5 Å². The second-order valence-corrected chi connectivity index (χ2v) is 8.43. The van der Waals surface area contributed by atoms with Crippen LogP contribution in [0.3, 0.4) is 0 Å². The van der Waals surface area contributed by atoms with Gasteiger partial charge in [0.2, 0.25) is 0 Å². The number of hydrogen-bond donors (Lipinski definition) is 2. The van der Waals surface area contributed by atoms with Gasteiger partial charge >= 0.3 is 12.1 Å². The molecule has 0 saturated heterocycles. The molecule has 5 heteroatoms. The SMILES string of the molecule is O=C(O)C[C@H]1CCCCCC[C@H]1NC(=O)OCC1c2ccccc2-c2ccccc21. The van der Waals surface area contributed by atoms with Gasteiger partial charge in [-0.3, -0.25) is 4.79 Å². The lowest BCUT2D eigenvalue weighted by Gasteiger charge is -2.29. The molecule has 2 N–H and O–H groups in total. The van der Waals surface area contributed by atoms with Gasteiger partial charge in [0.1, 0.15) is 6.61 Å². The minimum Gasteiger partial charge on any atom is -0.481 e. The van der Waals surface area contributed by atoms with Crippen molar-refractivity contribution in [1.82, 2.24) is 5.32 Å². The molecule has 0 spiro atoms. The third kappa shape index (κ3) is 4.50. The topological polar surface area (TPSA) is 75.6 Å². The third-order valence-electron chi connectivity index (χ3n) is 6.49. The van der Waals surface area contributed by atoms with Crippen LogP contribution in [0, 0.1) is 5.92 Å². The highest BCUT2D eigenvalue weighted by Crippen LogP contribution is 2.44. The predicted octanol–water partition coefficient (Wildman–Crippen LogP) is 5.34. The fourth-order valence-electron chi connectivity index (χ4n) is 5.01. The molecule has 0 bridgehead atoms. The number of hydrogen-bond acceptors (Lipinski definition) is 3. The fourth-order valence-corrected chi connectivity index (χ4v) is 5.01. The molecule has 0 unspecified atom stereocenters. The Balaban J connectivity index is 1.42. The third-order valence-corrected chi connectivity index (χ3v) is 6.49. The van der Waals surface area contributed by atoms with Gasteiger partial charge in [-0.05, 0) is 41.0 Å². The van der Waals surface area contributed by atoms with Crippen LogP contribution in [0.1, 0.15) is 62.0 Å². The van der Waals surface area contributed by atoms with Crippen molar-refractivity contribution in [3.8, 4) is 11.1 Å². The summed E-state index contributed by atoms with van der Waals surface area (Å²) in [7, 11) is 0. The molecule has 30 heavy (non-hydrogen) atoms. The molecular formula is C25H29NO4. The summed E-state index contributed by atoms with van der Waals surface area (Å²) in [6.45, 7) is 0.274. The molecule has 2 atom stereocenters. The number of fused-ring (bicyclic) bond motifs is 3. The number of carbonyl (C=O) groups excluding carboxylic acids is 1. The summed E-state index contributed by atoms with van der Waals surface area (Å²) in [4.78, 5) is 23.9. The van der Waals surface area contributed by atoms with Crippen LogP contribution in [0.5, 0.6) is 0 Å². The highest BCUT2D eigenvalue weighted by atomic mass is 16.5. The van der Waals surface area contributed by atoms with E-state index in [0.29, 0.717) is 0 Å². The molecule has 2 aliphatic carbocycles. The minimum atomic E-state index is -0.806. The van der Waals surface area contributed by atoms with Crippen LogP contribution in [0.4, 0.5) is 4.79 Å². The molecular weight excluding hydrogens is 378 g/mol. The number of carboxylic acids is 1. The Morgan fingerprint density at radius 1 is 0.900 bits per heavy atom. The van der Waals surface area contributed by atoms with E-state index in [1.807, 2.05) is 24.3 Å². The van der Waals surface area contributed by atoms with E-state index < -0.39 is 12.1 Å². The van der Waals surface area contributed by atoms with Gasteiger partial charge in [0.15, 0.2) is 0 Å². The van der Waals surface area contributed by atoms with Gasteiger partial charge in [0, 0.05) is 12.0 Å². The highest BCUT2D eigenvalue weighted by Gasteiger charge is 2.30. The lowest BCUT2D eigenvalue weighted by atomic mass is 9.85. The summed E-state index contributed by atoms with van der Waals surface area (Å²) in [5.74, 6) is -0.821. The molecule has 1 saturated carbocycles. The van der Waals surface area contributed by atoms with Crippen molar-refractivity contribution < 1.29 is 19.4 Å². The van der Waals surface area contributed by atoms with E-state index in [4.69, 9.17) is 4.74 Å². The number of amides is 1. The van der Waals surface area contributed by atoms with E-state index in [2.05, 4.69) is 29.6 Å². The van der Waals surface area contributed by atoms with Crippen molar-refractivity contribution in [2.24, 2.45) is 5.92 Å². The number of benzene rings is 2. The van der Waals surface area contributed by atoms with Crippen LogP contribution >= 0.6 is 0 Å². The zero-order valence-corrected chi connectivity index (χ0v) is 17.2. The van der Waals surface area contributed by atoms with Crippen molar-refractivity contribution in [3.63, 3.8) is 0 Å². The van der Waals surface area contributed by atoms with Gasteiger partial charge in [-0.1, -0.05) is 74.2 Å². The molecule has 0 aliphatic heterocycles. The van der Waals surface area contributed by atoms with E-state index in [1.165, 1.54) is 22.3 Å². The van der Waals surface area contributed by atoms with Crippen LogP contribution < -0.4 is 5.32 Å². The average Bonchev–Trinajstić information content (AvgIpc) is 3.05. The zero-order chi connectivity index (χ0) is 20.9. The molecule has 2 aromatic carbocycles. The lowest BCUT2D eigenvalue weighted by molar-refractivity contribution is -0.138. The Morgan fingerprint density at radius 3 is 2.13 bits per heavy atom.